The topological polar surface area (TPSA) is 20.2 Å². The highest BCUT2D eigenvalue weighted by Crippen LogP contribution is 2.36. The lowest BCUT2D eigenvalue weighted by Crippen LogP contribution is -2.38. The lowest BCUT2D eigenvalue weighted by Gasteiger charge is -2.38. The molecule has 1 nitrogen and oxygen atoms in total. The minimum absolute atomic E-state index is 0.290. The summed E-state index contributed by atoms with van der Waals surface area (Å²) in [6.45, 7) is 15.3. The smallest absolute Gasteiger partial charge is 0.0670 e. The van der Waals surface area contributed by atoms with Crippen molar-refractivity contribution in [1.29, 1.82) is 0 Å². The van der Waals surface area contributed by atoms with Crippen molar-refractivity contribution in [3.63, 3.8) is 0 Å². The van der Waals surface area contributed by atoms with Crippen LogP contribution in [0, 0.1) is 17.3 Å². The van der Waals surface area contributed by atoms with E-state index < -0.39 is 5.60 Å². The molecule has 0 amide bonds. The Morgan fingerprint density at radius 3 is 1.71 bits per heavy atom. The van der Waals surface area contributed by atoms with Crippen LogP contribution in [0.25, 0.3) is 0 Å². The van der Waals surface area contributed by atoms with E-state index in [0.29, 0.717) is 11.8 Å². The highest BCUT2D eigenvalue weighted by molar-refractivity contribution is 4.85. The number of hydrogen-bond donors (Lipinski definition) is 1. The fraction of sp³-hybridized carbons (Fsp3) is 1.00. The largest absolute Gasteiger partial charge is 0.390 e. The molecule has 0 aromatic rings. The summed E-state index contributed by atoms with van der Waals surface area (Å²) < 4.78 is 0. The monoisotopic (exact) mass is 200 g/mol. The maximum Gasteiger partial charge on any atom is 0.0670 e. The Labute approximate surface area is 89.9 Å². The first kappa shape index (κ1) is 14.0. The van der Waals surface area contributed by atoms with Crippen LogP contribution in [0.15, 0.2) is 0 Å². The average molecular weight is 200 g/mol. The first-order chi connectivity index (χ1) is 6.13. The molecule has 0 saturated heterocycles. The van der Waals surface area contributed by atoms with Gasteiger partial charge in [-0.2, -0.15) is 0 Å². The van der Waals surface area contributed by atoms with Crippen LogP contribution >= 0.6 is 0 Å². The van der Waals surface area contributed by atoms with E-state index in [2.05, 4.69) is 48.5 Å². The summed E-state index contributed by atoms with van der Waals surface area (Å²) in [5.41, 5.74) is -0.190. The highest BCUT2D eigenvalue weighted by atomic mass is 16.3. The Morgan fingerprint density at radius 1 is 1.07 bits per heavy atom. The van der Waals surface area contributed by atoms with Crippen LogP contribution in [-0.4, -0.2) is 10.7 Å². The summed E-state index contributed by atoms with van der Waals surface area (Å²) in [6.07, 6.45) is 1.76. The number of hydrogen-bond acceptors (Lipinski definition) is 1. The lowest BCUT2D eigenvalue weighted by molar-refractivity contribution is -0.0408. The zero-order valence-electron chi connectivity index (χ0n) is 11.0. The summed E-state index contributed by atoms with van der Waals surface area (Å²) >= 11 is 0. The Hall–Kier alpha value is -0.0400. The van der Waals surface area contributed by atoms with Gasteiger partial charge in [0.05, 0.1) is 5.60 Å². The van der Waals surface area contributed by atoms with E-state index in [0.717, 1.165) is 12.8 Å². The quantitative estimate of drug-likeness (QED) is 0.730. The molecule has 0 rings (SSSR count). The molecule has 14 heavy (non-hydrogen) atoms. The van der Waals surface area contributed by atoms with Crippen LogP contribution < -0.4 is 0 Å². The molecule has 0 aromatic carbocycles. The van der Waals surface area contributed by atoms with Crippen molar-refractivity contribution < 1.29 is 5.11 Å². The van der Waals surface area contributed by atoms with Gasteiger partial charge in [0, 0.05) is 0 Å². The van der Waals surface area contributed by atoms with Gasteiger partial charge < -0.3 is 5.11 Å². The maximum absolute atomic E-state index is 10.4. The predicted molar refractivity (Wildman–Crippen MR) is 63.3 cm³/mol. The third-order valence-corrected chi connectivity index (χ3v) is 3.82. The molecule has 0 aromatic heterocycles. The molecule has 1 heteroatoms. The van der Waals surface area contributed by atoms with Crippen LogP contribution in [0.4, 0.5) is 0 Å². The van der Waals surface area contributed by atoms with Gasteiger partial charge in [-0.15, -0.1) is 0 Å². The molecule has 0 aliphatic heterocycles. The Morgan fingerprint density at radius 2 is 1.50 bits per heavy atom. The Bertz CT molecular complexity index is 167. The second kappa shape index (κ2) is 4.65. The molecule has 1 N–H and O–H groups in total. The molecule has 0 heterocycles. The lowest BCUT2D eigenvalue weighted by atomic mass is 9.72. The van der Waals surface area contributed by atoms with Gasteiger partial charge in [0.15, 0.2) is 0 Å². The van der Waals surface area contributed by atoms with Gasteiger partial charge in [0.1, 0.15) is 0 Å². The molecule has 0 aliphatic carbocycles. The van der Waals surface area contributed by atoms with E-state index >= 15 is 0 Å². The molecule has 0 spiro atoms. The van der Waals surface area contributed by atoms with Crippen LogP contribution in [-0.2, 0) is 0 Å². The SMILES string of the molecule is CCC(O)(CC(C)C(C)(C)C)C(C)C. The summed E-state index contributed by atoms with van der Waals surface area (Å²) in [5.74, 6) is 0.896. The third kappa shape index (κ3) is 3.61. The van der Waals surface area contributed by atoms with Gasteiger partial charge >= 0.3 is 0 Å². The maximum atomic E-state index is 10.4. The van der Waals surface area contributed by atoms with Crippen molar-refractivity contribution in [3.8, 4) is 0 Å². The third-order valence-electron chi connectivity index (χ3n) is 3.82. The van der Waals surface area contributed by atoms with E-state index in [-0.39, 0.29) is 5.41 Å². The van der Waals surface area contributed by atoms with E-state index in [9.17, 15) is 5.11 Å². The zero-order valence-corrected chi connectivity index (χ0v) is 11.0. The minimum Gasteiger partial charge on any atom is -0.390 e. The zero-order chi connectivity index (χ0) is 11.6. The van der Waals surface area contributed by atoms with Gasteiger partial charge in [-0.25, -0.2) is 0 Å². The summed E-state index contributed by atoms with van der Waals surface area (Å²) in [7, 11) is 0. The summed E-state index contributed by atoms with van der Waals surface area (Å²) in [6, 6.07) is 0. The Kier molecular flexibility index (Phi) is 4.64. The fourth-order valence-corrected chi connectivity index (χ4v) is 1.62. The number of rotatable bonds is 4. The molecule has 0 fully saturated rings. The van der Waals surface area contributed by atoms with Gasteiger partial charge in [-0.1, -0.05) is 48.5 Å². The van der Waals surface area contributed by atoms with E-state index in [1.165, 1.54) is 0 Å². The van der Waals surface area contributed by atoms with Crippen molar-refractivity contribution in [2.75, 3.05) is 0 Å². The van der Waals surface area contributed by atoms with Gasteiger partial charge in [0.2, 0.25) is 0 Å². The van der Waals surface area contributed by atoms with E-state index in [1.54, 1.807) is 0 Å². The molecule has 2 atom stereocenters. The van der Waals surface area contributed by atoms with E-state index in [1.807, 2.05) is 0 Å². The molecular formula is C13H28O. The second-order valence-corrected chi connectivity index (χ2v) is 6.08. The molecule has 0 bridgehead atoms. The summed E-state index contributed by atoms with van der Waals surface area (Å²) in [4.78, 5) is 0. The molecule has 86 valence electrons. The van der Waals surface area contributed by atoms with Crippen LogP contribution in [0.1, 0.15) is 61.3 Å². The van der Waals surface area contributed by atoms with Gasteiger partial charge in [0.25, 0.3) is 0 Å². The van der Waals surface area contributed by atoms with Crippen LogP contribution in [0.2, 0.25) is 0 Å². The first-order valence-corrected chi connectivity index (χ1v) is 5.86. The normalized spacial score (nSPS) is 19.5. The average Bonchev–Trinajstić information content (AvgIpc) is 2.02. The molecular weight excluding hydrogens is 172 g/mol. The van der Waals surface area contributed by atoms with Crippen molar-refractivity contribution in [3.05, 3.63) is 0 Å². The molecule has 0 aliphatic rings. The van der Waals surface area contributed by atoms with Crippen molar-refractivity contribution in [1.82, 2.24) is 0 Å². The number of aliphatic hydroxyl groups is 1. The molecule has 0 saturated carbocycles. The molecule has 2 unspecified atom stereocenters. The molecule has 0 radical (unpaired) electrons. The van der Waals surface area contributed by atoms with Crippen molar-refractivity contribution in [2.24, 2.45) is 17.3 Å². The van der Waals surface area contributed by atoms with E-state index in [4.69, 9.17) is 0 Å². The van der Waals surface area contributed by atoms with Gasteiger partial charge in [-0.3, -0.25) is 0 Å². The minimum atomic E-state index is -0.479. The van der Waals surface area contributed by atoms with Crippen molar-refractivity contribution >= 4 is 0 Å². The second-order valence-electron chi connectivity index (χ2n) is 6.08. The highest BCUT2D eigenvalue weighted by Gasteiger charge is 2.34. The Balaban J connectivity index is 4.47. The van der Waals surface area contributed by atoms with Crippen LogP contribution in [0.3, 0.4) is 0 Å². The standard InChI is InChI=1S/C13H28O/c1-8-13(14,10(2)3)9-11(4)12(5,6)7/h10-11,14H,8-9H2,1-7H3. The predicted octanol–water partition coefficient (Wildman–Crippen LogP) is 3.86. The van der Waals surface area contributed by atoms with Crippen LogP contribution in [0.5, 0.6) is 0 Å². The summed E-state index contributed by atoms with van der Waals surface area (Å²) in [5, 5.41) is 10.4. The fourth-order valence-electron chi connectivity index (χ4n) is 1.62. The van der Waals surface area contributed by atoms with Gasteiger partial charge in [-0.05, 0) is 30.1 Å². The first-order valence-electron chi connectivity index (χ1n) is 5.86. The van der Waals surface area contributed by atoms with Crippen molar-refractivity contribution in [2.45, 2.75) is 66.9 Å².